The highest BCUT2D eigenvalue weighted by molar-refractivity contribution is 5.82. The van der Waals surface area contributed by atoms with Crippen LogP contribution in [0, 0.1) is 5.41 Å². The van der Waals surface area contributed by atoms with Crippen molar-refractivity contribution >= 4 is 5.91 Å². The standard InChI is InChI=1S/C17H29N5O/c1-3-4-13(18)16(23)22(12-15-20-9-10-21(15)2)14-11-17(14)5-7-19-8-6-17/h9-10,13-14,19H,3-8,11-12,18H2,1-2H3/t13-,14+/m1/s1. The summed E-state index contributed by atoms with van der Waals surface area (Å²) < 4.78 is 1.99. The van der Waals surface area contributed by atoms with Gasteiger partial charge in [0.15, 0.2) is 0 Å². The van der Waals surface area contributed by atoms with E-state index in [0.717, 1.165) is 51.0 Å². The van der Waals surface area contributed by atoms with E-state index in [1.165, 1.54) is 0 Å². The first-order chi connectivity index (χ1) is 11.1. The van der Waals surface area contributed by atoms with Crippen LogP contribution in [0.1, 0.15) is 44.9 Å². The Hall–Kier alpha value is -1.40. The van der Waals surface area contributed by atoms with Crippen LogP contribution in [0.5, 0.6) is 0 Å². The van der Waals surface area contributed by atoms with Gasteiger partial charge in [0.2, 0.25) is 5.91 Å². The van der Waals surface area contributed by atoms with Crippen molar-refractivity contribution in [1.82, 2.24) is 19.8 Å². The number of carbonyl (C=O) groups is 1. The average molecular weight is 319 g/mol. The molecule has 1 aromatic rings. The number of hydrogen-bond donors (Lipinski definition) is 2. The van der Waals surface area contributed by atoms with E-state index < -0.39 is 0 Å². The van der Waals surface area contributed by atoms with E-state index >= 15 is 0 Å². The average Bonchev–Trinajstić information content (AvgIpc) is 3.06. The lowest BCUT2D eigenvalue weighted by molar-refractivity contribution is -0.134. The first-order valence-electron chi connectivity index (χ1n) is 8.80. The van der Waals surface area contributed by atoms with Gasteiger partial charge in [-0.05, 0) is 44.2 Å². The Morgan fingerprint density at radius 2 is 2.30 bits per heavy atom. The Morgan fingerprint density at radius 1 is 1.57 bits per heavy atom. The Morgan fingerprint density at radius 3 is 2.91 bits per heavy atom. The Bertz CT molecular complexity index is 549. The minimum absolute atomic E-state index is 0.0928. The van der Waals surface area contributed by atoms with Crippen molar-refractivity contribution in [1.29, 1.82) is 0 Å². The highest BCUT2D eigenvalue weighted by Crippen LogP contribution is 2.56. The summed E-state index contributed by atoms with van der Waals surface area (Å²) >= 11 is 0. The molecule has 0 bridgehead atoms. The molecule has 1 spiro atoms. The molecule has 23 heavy (non-hydrogen) atoms. The molecule has 2 atom stereocenters. The lowest BCUT2D eigenvalue weighted by atomic mass is 9.93. The molecule has 0 radical (unpaired) electrons. The van der Waals surface area contributed by atoms with E-state index in [9.17, 15) is 4.79 Å². The van der Waals surface area contributed by atoms with Crippen LogP contribution in [-0.2, 0) is 18.4 Å². The molecule has 1 saturated heterocycles. The molecule has 6 nitrogen and oxygen atoms in total. The molecule has 1 saturated carbocycles. The molecule has 2 aliphatic rings. The third-order valence-electron chi connectivity index (χ3n) is 5.55. The first kappa shape index (κ1) is 16.5. The second-order valence-electron chi connectivity index (χ2n) is 7.15. The van der Waals surface area contributed by atoms with Crippen molar-refractivity contribution in [2.45, 2.75) is 57.7 Å². The van der Waals surface area contributed by atoms with E-state index in [0.29, 0.717) is 18.0 Å². The number of aryl methyl sites for hydroxylation is 1. The van der Waals surface area contributed by atoms with Crippen LogP contribution in [0.4, 0.5) is 0 Å². The van der Waals surface area contributed by atoms with Gasteiger partial charge >= 0.3 is 0 Å². The molecule has 2 fully saturated rings. The van der Waals surface area contributed by atoms with Crippen molar-refractivity contribution in [2.24, 2.45) is 18.2 Å². The zero-order chi connectivity index (χ0) is 16.4. The molecule has 0 aromatic carbocycles. The number of aromatic nitrogens is 2. The fraction of sp³-hybridized carbons (Fsp3) is 0.765. The highest BCUT2D eigenvalue weighted by Gasteiger charge is 2.58. The minimum atomic E-state index is -0.389. The predicted octanol–water partition coefficient (Wildman–Crippen LogP) is 1.02. The zero-order valence-electron chi connectivity index (χ0n) is 14.3. The smallest absolute Gasteiger partial charge is 0.240 e. The third kappa shape index (κ3) is 3.28. The van der Waals surface area contributed by atoms with Crippen LogP contribution in [0.2, 0.25) is 0 Å². The van der Waals surface area contributed by atoms with Crippen molar-refractivity contribution in [3.63, 3.8) is 0 Å². The maximum Gasteiger partial charge on any atom is 0.240 e. The summed E-state index contributed by atoms with van der Waals surface area (Å²) in [7, 11) is 1.98. The summed E-state index contributed by atoms with van der Waals surface area (Å²) in [6.45, 7) is 4.76. The molecule has 128 valence electrons. The largest absolute Gasteiger partial charge is 0.337 e. The predicted molar refractivity (Wildman–Crippen MR) is 89.6 cm³/mol. The van der Waals surface area contributed by atoms with E-state index in [2.05, 4.69) is 17.2 Å². The number of rotatable bonds is 6. The van der Waals surface area contributed by atoms with Gasteiger partial charge in [-0.25, -0.2) is 4.98 Å². The summed E-state index contributed by atoms with van der Waals surface area (Å²) in [6.07, 6.45) is 8.83. The van der Waals surface area contributed by atoms with Crippen molar-refractivity contribution < 1.29 is 4.79 Å². The molecule has 1 aliphatic carbocycles. The van der Waals surface area contributed by atoms with Gasteiger partial charge in [-0.1, -0.05) is 13.3 Å². The van der Waals surface area contributed by atoms with Gasteiger partial charge in [0.25, 0.3) is 0 Å². The minimum Gasteiger partial charge on any atom is -0.337 e. The van der Waals surface area contributed by atoms with E-state index in [1.54, 1.807) is 6.20 Å². The van der Waals surface area contributed by atoms with Gasteiger partial charge in [0, 0.05) is 25.5 Å². The van der Waals surface area contributed by atoms with Crippen molar-refractivity contribution in [2.75, 3.05) is 13.1 Å². The molecule has 1 aromatic heterocycles. The van der Waals surface area contributed by atoms with Crippen LogP contribution < -0.4 is 11.1 Å². The van der Waals surface area contributed by atoms with Crippen LogP contribution >= 0.6 is 0 Å². The zero-order valence-corrected chi connectivity index (χ0v) is 14.3. The van der Waals surface area contributed by atoms with Gasteiger partial charge in [-0.2, -0.15) is 0 Å². The maximum atomic E-state index is 12.9. The van der Waals surface area contributed by atoms with Crippen molar-refractivity contribution in [3.8, 4) is 0 Å². The molecule has 3 rings (SSSR count). The Balaban J connectivity index is 1.76. The molecule has 6 heteroatoms. The SMILES string of the molecule is CCC[C@@H](N)C(=O)N(Cc1nccn1C)[C@H]1CC12CCNCC2. The second-order valence-corrected chi connectivity index (χ2v) is 7.15. The third-order valence-corrected chi connectivity index (χ3v) is 5.55. The molecular weight excluding hydrogens is 290 g/mol. The number of piperidine rings is 1. The maximum absolute atomic E-state index is 12.9. The lowest BCUT2D eigenvalue weighted by Gasteiger charge is -2.31. The Labute approximate surface area is 138 Å². The number of nitrogens with two attached hydrogens (primary N) is 1. The van der Waals surface area contributed by atoms with Crippen molar-refractivity contribution in [3.05, 3.63) is 18.2 Å². The number of nitrogens with zero attached hydrogens (tertiary/aromatic N) is 3. The normalized spacial score (nSPS) is 23.7. The summed E-state index contributed by atoms with van der Waals surface area (Å²) in [5, 5.41) is 3.42. The number of carbonyl (C=O) groups excluding carboxylic acids is 1. The molecule has 0 unspecified atom stereocenters. The first-order valence-corrected chi connectivity index (χ1v) is 8.80. The summed E-state index contributed by atoms with van der Waals surface area (Å²) in [4.78, 5) is 19.4. The van der Waals surface area contributed by atoms with Gasteiger partial charge < -0.3 is 20.5 Å². The molecular formula is C17H29N5O. The van der Waals surface area contributed by atoms with E-state index in [4.69, 9.17) is 5.73 Å². The highest BCUT2D eigenvalue weighted by atomic mass is 16.2. The monoisotopic (exact) mass is 319 g/mol. The quantitative estimate of drug-likeness (QED) is 0.821. The summed E-state index contributed by atoms with van der Waals surface area (Å²) in [6, 6.07) is -0.0589. The summed E-state index contributed by atoms with van der Waals surface area (Å²) in [5.74, 6) is 1.02. The van der Waals surface area contributed by atoms with Crippen LogP contribution in [0.25, 0.3) is 0 Å². The van der Waals surface area contributed by atoms with Gasteiger partial charge in [-0.15, -0.1) is 0 Å². The molecule has 2 heterocycles. The fourth-order valence-electron chi connectivity index (χ4n) is 3.92. The summed E-state index contributed by atoms with van der Waals surface area (Å²) in [5.41, 5.74) is 6.47. The molecule has 1 amide bonds. The number of amides is 1. The van der Waals surface area contributed by atoms with Gasteiger partial charge in [-0.3, -0.25) is 4.79 Å². The van der Waals surface area contributed by atoms with Crippen LogP contribution in [-0.4, -0.2) is 45.5 Å². The van der Waals surface area contributed by atoms with Crippen LogP contribution in [0.3, 0.4) is 0 Å². The number of imidazole rings is 1. The van der Waals surface area contributed by atoms with E-state index in [-0.39, 0.29) is 11.9 Å². The second kappa shape index (κ2) is 6.61. The van der Waals surface area contributed by atoms with Gasteiger partial charge in [0.1, 0.15) is 5.82 Å². The fourth-order valence-corrected chi connectivity index (χ4v) is 3.92. The Kier molecular flexibility index (Phi) is 4.73. The number of hydrogen-bond acceptors (Lipinski definition) is 4. The molecule has 3 N–H and O–H groups in total. The van der Waals surface area contributed by atoms with Gasteiger partial charge in [0.05, 0.1) is 12.6 Å². The molecule has 1 aliphatic heterocycles. The topological polar surface area (TPSA) is 76.2 Å². The van der Waals surface area contributed by atoms with E-state index in [1.807, 2.05) is 22.7 Å². The lowest BCUT2D eigenvalue weighted by Crippen LogP contribution is -2.47. The van der Waals surface area contributed by atoms with Crippen LogP contribution in [0.15, 0.2) is 12.4 Å². The number of nitrogens with one attached hydrogen (secondary N) is 1.